The molecule has 0 bridgehead atoms. The van der Waals surface area contributed by atoms with Gasteiger partial charge in [0.1, 0.15) is 6.10 Å². The summed E-state index contributed by atoms with van der Waals surface area (Å²) in [7, 11) is 0. The Morgan fingerprint density at radius 2 is 2.42 bits per heavy atom. The first-order valence-electron chi connectivity index (χ1n) is 4.60. The van der Waals surface area contributed by atoms with Crippen LogP contribution in [-0.4, -0.2) is 18.5 Å². The van der Waals surface area contributed by atoms with Crippen molar-refractivity contribution in [3.63, 3.8) is 0 Å². The van der Waals surface area contributed by atoms with Gasteiger partial charge >= 0.3 is 0 Å². The molecular weight excluding hydrogens is 152 g/mol. The molecule has 0 aromatic rings. The van der Waals surface area contributed by atoms with Crippen molar-refractivity contribution in [1.82, 2.24) is 0 Å². The average molecular weight is 168 g/mol. The summed E-state index contributed by atoms with van der Waals surface area (Å²) in [5.41, 5.74) is 0. The van der Waals surface area contributed by atoms with E-state index >= 15 is 0 Å². The number of hydrogen-bond acceptors (Lipinski definition) is 2. The molecule has 2 heteroatoms. The van der Waals surface area contributed by atoms with Gasteiger partial charge in [0.15, 0.2) is 5.78 Å². The van der Waals surface area contributed by atoms with Crippen LogP contribution in [0.2, 0.25) is 0 Å². The van der Waals surface area contributed by atoms with E-state index in [0.29, 0.717) is 6.42 Å². The fourth-order valence-corrected chi connectivity index (χ4v) is 1.40. The minimum Gasteiger partial charge on any atom is -0.370 e. The molecule has 0 aromatic heterocycles. The molecule has 1 saturated heterocycles. The smallest absolute Gasteiger partial charge is 0.161 e. The lowest BCUT2D eigenvalue weighted by Crippen LogP contribution is -2.27. The summed E-state index contributed by atoms with van der Waals surface area (Å²) < 4.78 is 5.35. The van der Waals surface area contributed by atoms with Crippen LogP contribution < -0.4 is 0 Å². The van der Waals surface area contributed by atoms with Crippen molar-refractivity contribution in [3.8, 4) is 0 Å². The Morgan fingerprint density at radius 1 is 1.58 bits per heavy atom. The van der Waals surface area contributed by atoms with E-state index in [1.807, 2.05) is 0 Å². The van der Waals surface area contributed by atoms with Gasteiger partial charge < -0.3 is 4.74 Å². The first-order chi connectivity index (χ1) is 5.84. The van der Waals surface area contributed by atoms with Crippen LogP contribution in [0, 0.1) is 0 Å². The third kappa shape index (κ3) is 2.78. The lowest BCUT2D eigenvalue weighted by Gasteiger charge is -2.20. The molecule has 0 aliphatic carbocycles. The third-order valence-corrected chi connectivity index (χ3v) is 2.13. The molecule has 2 nitrogen and oxygen atoms in total. The van der Waals surface area contributed by atoms with E-state index in [1.54, 1.807) is 6.08 Å². The van der Waals surface area contributed by atoms with Gasteiger partial charge in [-0.15, -0.1) is 6.58 Å². The number of Topliss-reactive ketones (excluding diaryl/α,β-unsaturated/α-hetero) is 1. The van der Waals surface area contributed by atoms with Gasteiger partial charge in [-0.25, -0.2) is 0 Å². The predicted molar refractivity (Wildman–Crippen MR) is 48.0 cm³/mol. The third-order valence-electron chi connectivity index (χ3n) is 2.13. The molecule has 68 valence electrons. The van der Waals surface area contributed by atoms with Crippen molar-refractivity contribution in [3.05, 3.63) is 12.7 Å². The second-order valence-corrected chi connectivity index (χ2v) is 3.15. The summed E-state index contributed by atoms with van der Waals surface area (Å²) in [6.07, 6.45) is 6.18. The van der Waals surface area contributed by atoms with Gasteiger partial charge in [0.2, 0.25) is 0 Å². The van der Waals surface area contributed by atoms with Crippen molar-refractivity contribution >= 4 is 5.78 Å². The fourth-order valence-electron chi connectivity index (χ4n) is 1.40. The summed E-state index contributed by atoms with van der Waals surface area (Å²) >= 11 is 0. The minimum atomic E-state index is -0.112. The SMILES string of the molecule is C=CCCC(=O)[C@H]1CCCCO1. The number of carbonyl (C=O) groups is 1. The Balaban J connectivity index is 2.24. The average Bonchev–Trinajstić information content (AvgIpc) is 2.15. The van der Waals surface area contributed by atoms with E-state index in [1.165, 1.54) is 0 Å². The number of hydrogen-bond donors (Lipinski definition) is 0. The summed E-state index contributed by atoms with van der Waals surface area (Å²) in [5, 5.41) is 0. The summed E-state index contributed by atoms with van der Waals surface area (Å²) in [6, 6.07) is 0. The first-order valence-corrected chi connectivity index (χ1v) is 4.60. The quantitative estimate of drug-likeness (QED) is 0.601. The zero-order valence-electron chi connectivity index (χ0n) is 7.42. The molecule has 1 aliphatic heterocycles. The molecule has 0 saturated carbocycles. The van der Waals surface area contributed by atoms with Crippen molar-refractivity contribution in [2.45, 2.75) is 38.2 Å². The van der Waals surface area contributed by atoms with E-state index in [4.69, 9.17) is 4.74 Å². The number of ether oxygens (including phenoxy) is 1. The number of rotatable bonds is 4. The van der Waals surface area contributed by atoms with Gasteiger partial charge in [-0.3, -0.25) is 4.79 Å². The van der Waals surface area contributed by atoms with Gasteiger partial charge in [-0.1, -0.05) is 6.08 Å². The Bertz CT molecular complexity index is 157. The zero-order chi connectivity index (χ0) is 8.81. The number of ketones is 1. The highest BCUT2D eigenvalue weighted by molar-refractivity contribution is 5.83. The molecule has 0 aromatic carbocycles. The fraction of sp³-hybridized carbons (Fsp3) is 0.700. The molecule has 1 fully saturated rings. The normalized spacial score (nSPS) is 23.5. The molecule has 0 amide bonds. The van der Waals surface area contributed by atoms with E-state index in [-0.39, 0.29) is 11.9 Å². The van der Waals surface area contributed by atoms with Gasteiger partial charge in [0.05, 0.1) is 0 Å². The van der Waals surface area contributed by atoms with Crippen LogP contribution in [0.5, 0.6) is 0 Å². The number of carbonyl (C=O) groups excluding carboxylic acids is 1. The van der Waals surface area contributed by atoms with Crippen LogP contribution >= 0.6 is 0 Å². The van der Waals surface area contributed by atoms with Gasteiger partial charge in [-0.05, 0) is 25.7 Å². The summed E-state index contributed by atoms with van der Waals surface area (Å²) in [4.78, 5) is 11.4. The molecule has 12 heavy (non-hydrogen) atoms. The first kappa shape index (κ1) is 9.46. The second-order valence-electron chi connectivity index (χ2n) is 3.15. The lowest BCUT2D eigenvalue weighted by atomic mass is 10.0. The highest BCUT2D eigenvalue weighted by atomic mass is 16.5. The molecule has 0 spiro atoms. The van der Waals surface area contributed by atoms with Crippen molar-refractivity contribution in [2.75, 3.05) is 6.61 Å². The predicted octanol–water partition coefficient (Wildman–Crippen LogP) is 2.09. The zero-order valence-corrected chi connectivity index (χ0v) is 7.42. The Labute approximate surface area is 73.6 Å². The largest absolute Gasteiger partial charge is 0.370 e. The molecule has 1 atom stereocenters. The monoisotopic (exact) mass is 168 g/mol. The highest BCUT2D eigenvalue weighted by Gasteiger charge is 2.20. The Kier molecular flexibility index (Phi) is 4.01. The Hall–Kier alpha value is -0.630. The molecule has 1 aliphatic rings. The van der Waals surface area contributed by atoms with E-state index in [0.717, 1.165) is 32.3 Å². The van der Waals surface area contributed by atoms with Gasteiger partial charge in [0, 0.05) is 13.0 Å². The molecule has 1 heterocycles. The van der Waals surface area contributed by atoms with Crippen LogP contribution in [0.1, 0.15) is 32.1 Å². The Morgan fingerprint density at radius 3 is 3.00 bits per heavy atom. The molecular formula is C10H16O2. The van der Waals surface area contributed by atoms with Crippen molar-refractivity contribution in [1.29, 1.82) is 0 Å². The van der Waals surface area contributed by atoms with Crippen molar-refractivity contribution in [2.24, 2.45) is 0 Å². The summed E-state index contributed by atoms with van der Waals surface area (Å²) in [6.45, 7) is 4.34. The van der Waals surface area contributed by atoms with Crippen LogP contribution in [-0.2, 0) is 9.53 Å². The van der Waals surface area contributed by atoms with Crippen LogP contribution in [0.15, 0.2) is 12.7 Å². The summed E-state index contributed by atoms with van der Waals surface area (Å²) in [5.74, 6) is 0.245. The van der Waals surface area contributed by atoms with Crippen LogP contribution in [0.4, 0.5) is 0 Å². The maximum absolute atomic E-state index is 11.4. The molecule has 0 radical (unpaired) electrons. The van der Waals surface area contributed by atoms with E-state index in [2.05, 4.69) is 6.58 Å². The van der Waals surface area contributed by atoms with Crippen molar-refractivity contribution < 1.29 is 9.53 Å². The van der Waals surface area contributed by atoms with Crippen LogP contribution in [0.25, 0.3) is 0 Å². The van der Waals surface area contributed by atoms with Crippen LogP contribution in [0.3, 0.4) is 0 Å². The van der Waals surface area contributed by atoms with E-state index < -0.39 is 0 Å². The maximum atomic E-state index is 11.4. The highest BCUT2D eigenvalue weighted by Crippen LogP contribution is 2.15. The van der Waals surface area contributed by atoms with Gasteiger partial charge in [0.25, 0.3) is 0 Å². The van der Waals surface area contributed by atoms with E-state index in [9.17, 15) is 4.79 Å². The molecule has 0 N–H and O–H groups in total. The molecule has 0 unspecified atom stereocenters. The lowest BCUT2D eigenvalue weighted by molar-refractivity contribution is -0.133. The second kappa shape index (κ2) is 5.09. The topological polar surface area (TPSA) is 26.3 Å². The maximum Gasteiger partial charge on any atom is 0.161 e. The standard InChI is InChI=1S/C10H16O2/c1-2-3-6-9(11)10-7-4-5-8-12-10/h2,10H,1,3-8H2/t10-/m1/s1. The molecule has 1 rings (SSSR count). The minimum absolute atomic E-state index is 0.112. The number of allylic oxidation sites excluding steroid dienone is 1. The van der Waals surface area contributed by atoms with Gasteiger partial charge in [-0.2, -0.15) is 0 Å².